The lowest BCUT2D eigenvalue weighted by atomic mass is 9.90. The largest absolute Gasteiger partial charge is 0.573 e. The number of benzene rings is 2. The van der Waals surface area contributed by atoms with E-state index in [2.05, 4.69) is 25.5 Å². The summed E-state index contributed by atoms with van der Waals surface area (Å²) >= 11 is 0. The van der Waals surface area contributed by atoms with Crippen molar-refractivity contribution in [3.8, 4) is 5.75 Å². The number of anilines is 2. The molecule has 1 unspecified atom stereocenters. The van der Waals surface area contributed by atoms with E-state index < -0.39 is 48.2 Å². The van der Waals surface area contributed by atoms with E-state index in [1.54, 1.807) is 0 Å². The van der Waals surface area contributed by atoms with E-state index >= 15 is 0 Å². The molecule has 3 aromatic rings. The minimum absolute atomic E-state index is 0.0160. The molecule has 2 atom stereocenters. The van der Waals surface area contributed by atoms with E-state index in [9.17, 15) is 39.5 Å². The van der Waals surface area contributed by atoms with Gasteiger partial charge in [0.05, 0.1) is 24.2 Å². The first-order chi connectivity index (χ1) is 18.0. The van der Waals surface area contributed by atoms with Gasteiger partial charge in [-0.1, -0.05) is 12.0 Å². The van der Waals surface area contributed by atoms with E-state index in [1.165, 1.54) is 18.0 Å². The van der Waals surface area contributed by atoms with Crippen molar-refractivity contribution in [2.45, 2.75) is 57.1 Å². The number of aromatic nitrogens is 4. The Kier molecular flexibility index (Phi) is 7.33. The molecule has 1 aliphatic heterocycles. The fourth-order valence-electron chi connectivity index (χ4n) is 4.40. The summed E-state index contributed by atoms with van der Waals surface area (Å²) in [6.07, 6.45) is -14.4. The van der Waals surface area contributed by atoms with Gasteiger partial charge < -0.3 is 15.0 Å². The number of hydrogen-bond acceptors (Lipinski definition) is 6. The van der Waals surface area contributed by atoms with Crippen LogP contribution >= 0.6 is 0 Å². The van der Waals surface area contributed by atoms with E-state index in [1.807, 2.05) is 6.92 Å². The number of aryl methyl sites for hydroxylation is 1. The van der Waals surface area contributed by atoms with Gasteiger partial charge in [0.1, 0.15) is 5.75 Å². The van der Waals surface area contributed by atoms with Crippen LogP contribution < -0.4 is 15.0 Å². The van der Waals surface area contributed by atoms with Crippen LogP contribution in [0.3, 0.4) is 0 Å². The first-order valence-electron chi connectivity index (χ1n) is 11.5. The molecule has 0 radical (unpaired) electrons. The third-order valence-corrected chi connectivity index (χ3v) is 6.11. The maximum atomic E-state index is 13.5. The van der Waals surface area contributed by atoms with Crippen molar-refractivity contribution < 1.29 is 44.3 Å². The first kappa shape index (κ1) is 28.3. The smallest absolute Gasteiger partial charge is 0.406 e. The van der Waals surface area contributed by atoms with Crippen molar-refractivity contribution in [3.63, 3.8) is 0 Å². The average molecular weight is 568 g/mol. The van der Waals surface area contributed by atoms with Crippen LogP contribution in [0.2, 0.25) is 0 Å². The van der Waals surface area contributed by atoms with Crippen molar-refractivity contribution >= 4 is 11.6 Å². The van der Waals surface area contributed by atoms with Gasteiger partial charge in [-0.2, -0.15) is 31.1 Å². The normalized spacial score (nSPS) is 17.9. The third-order valence-electron chi connectivity index (χ3n) is 6.11. The maximum Gasteiger partial charge on any atom is 0.573 e. The molecule has 39 heavy (non-hydrogen) atoms. The Bertz CT molecular complexity index is 1290. The molecule has 16 heteroatoms. The number of nitrogens with one attached hydrogen (secondary N) is 1. The average Bonchev–Trinajstić information content (AvgIpc) is 3.25. The Hall–Kier alpha value is -3.72. The van der Waals surface area contributed by atoms with Crippen LogP contribution in [0.4, 0.5) is 51.1 Å². The lowest BCUT2D eigenvalue weighted by Gasteiger charge is -2.39. The minimum atomic E-state index is -5.07. The molecule has 0 spiro atoms. The van der Waals surface area contributed by atoms with Crippen LogP contribution in [0, 0.1) is 0 Å². The Morgan fingerprint density at radius 2 is 1.62 bits per heavy atom. The number of ether oxygens (including phenoxy) is 1. The van der Waals surface area contributed by atoms with Crippen LogP contribution in [-0.4, -0.2) is 32.6 Å². The van der Waals surface area contributed by atoms with Crippen molar-refractivity contribution in [2.75, 3.05) is 10.2 Å². The van der Waals surface area contributed by atoms with Crippen molar-refractivity contribution in [1.82, 2.24) is 20.2 Å². The van der Waals surface area contributed by atoms with Gasteiger partial charge in [-0.05, 0) is 60.0 Å². The number of nitrogens with zero attached hydrogens (tertiary/aromatic N) is 5. The van der Waals surface area contributed by atoms with Gasteiger partial charge in [-0.25, -0.2) is 0 Å². The highest BCUT2D eigenvalue weighted by molar-refractivity contribution is 5.60. The molecular weight excluding hydrogens is 547 g/mol. The zero-order valence-electron chi connectivity index (χ0n) is 20.3. The predicted molar refractivity (Wildman–Crippen MR) is 120 cm³/mol. The molecule has 7 nitrogen and oxygen atoms in total. The van der Waals surface area contributed by atoms with E-state index in [4.69, 9.17) is 0 Å². The number of alkyl halides is 9. The van der Waals surface area contributed by atoms with Gasteiger partial charge in [0, 0.05) is 23.8 Å². The molecule has 2 heterocycles. The fourth-order valence-corrected chi connectivity index (χ4v) is 4.40. The van der Waals surface area contributed by atoms with Gasteiger partial charge in [0.2, 0.25) is 0 Å². The summed E-state index contributed by atoms with van der Waals surface area (Å²) in [5.41, 5.74) is -2.69. The molecule has 0 saturated carbocycles. The molecule has 0 fully saturated rings. The van der Waals surface area contributed by atoms with Gasteiger partial charge in [0.25, 0.3) is 5.95 Å². The zero-order chi connectivity index (χ0) is 28.8. The maximum absolute atomic E-state index is 13.5. The number of fused-ring (bicyclic) bond motifs is 1. The summed E-state index contributed by atoms with van der Waals surface area (Å²) in [4.78, 5) is 2.36. The third kappa shape index (κ3) is 6.65. The Morgan fingerprint density at radius 1 is 0.974 bits per heavy atom. The van der Waals surface area contributed by atoms with Crippen molar-refractivity contribution in [3.05, 3.63) is 58.7 Å². The molecule has 2 aromatic carbocycles. The highest BCUT2D eigenvalue weighted by Gasteiger charge is 2.39. The zero-order valence-corrected chi connectivity index (χ0v) is 20.3. The summed E-state index contributed by atoms with van der Waals surface area (Å²) in [6.45, 7) is 1.30. The summed E-state index contributed by atoms with van der Waals surface area (Å²) in [5, 5.41) is 14.9. The molecule has 1 N–H and O–H groups in total. The summed E-state index contributed by atoms with van der Waals surface area (Å²) < 4.78 is 124. The molecule has 1 aliphatic rings. The highest BCUT2D eigenvalue weighted by Crippen LogP contribution is 2.43. The van der Waals surface area contributed by atoms with Crippen molar-refractivity contribution in [2.24, 2.45) is 7.05 Å². The Balaban J connectivity index is 1.84. The minimum Gasteiger partial charge on any atom is -0.406 e. The summed E-state index contributed by atoms with van der Waals surface area (Å²) in [5.74, 6) is -0.688. The molecule has 1 aromatic heterocycles. The predicted octanol–water partition coefficient (Wildman–Crippen LogP) is 6.49. The molecule has 212 valence electrons. The molecule has 0 aliphatic carbocycles. The highest BCUT2D eigenvalue weighted by atomic mass is 19.4. The molecule has 0 amide bonds. The van der Waals surface area contributed by atoms with Gasteiger partial charge >= 0.3 is 18.7 Å². The Morgan fingerprint density at radius 3 is 2.13 bits per heavy atom. The lowest BCUT2D eigenvalue weighted by Crippen LogP contribution is -2.38. The first-order valence-corrected chi connectivity index (χ1v) is 11.5. The second kappa shape index (κ2) is 10.1. The SMILES string of the molecule is CCC1C[C@H](N(Cc2cc(C(F)(F)F)cc(C(F)(F)F)c2)c2nnn(C)n2)c2cc(OC(F)(F)F)ccc2N1. The van der Waals surface area contributed by atoms with Crippen LogP contribution in [-0.2, 0) is 25.9 Å². The quantitative estimate of drug-likeness (QED) is 0.343. The topological polar surface area (TPSA) is 68.1 Å². The van der Waals surface area contributed by atoms with Gasteiger partial charge in [0.15, 0.2) is 0 Å². The van der Waals surface area contributed by atoms with Gasteiger partial charge in [-0.15, -0.1) is 18.3 Å². The molecular formula is C23H21F9N6O. The molecule has 0 saturated heterocycles. The van der Waals surface area contributed by atoms with Crippen LogP contribution in [0.25, 0.3) is 0 Å². The number of rotatable bonds is 6. The summed E-state index contributed by atoms with van der Waals surface area (Å²) in [7, 11) is 1.40. The fraction of sp³-hybridized carbons (Fsp3) is 0.435. The Labute approximate surface area is 215 Å². The summed E-state index contributed by atoms with van der Waals surface area (Å²) in [6, 6.07) is 3.66. The van der Waals surface area contributed by atoms with Crippen molar-refractivity contribution in [1.29, 1.82) is 0 Å². The number of tetrazole rings is 1. The van der Waals surface area contributed by atoms with Crippen LogP contribution in [0.1, 0.15) is 48.1 Å². The second-order valence-electron chi connectivity index (χ2n) is 8.92. The van der Waals surface area contributed by atoms with E-state index in [-0.39, 0.29) is 35.6 Å². The lowest BCUT2D eigenvalue weighted by molar-refractivity contribution is -0.274. The number of halogens is 9. The molecule has 0 bridgehead atoms. The number of hydrogen-bond donors (Lipinski definition) is 1. The van der Waals surface area contributed by atoms with Crippen LogP contribution in [0.5, 0.6) is 5.75 Å². The standard InChI is InChI=1S/C23H21F9N6O/c1-3-15-9-19(17-10-16(39-23(30,31)32)4-5-18(17)33-15)38(20-34-36-37(2)35-20)11-12-6-13(21(24,25)26)8-14(7-12)22(27,28)29/h4-8,10,15,19,33H,3,9,11H2,1-2H3/t15?,19-/m0/s1. The van der Waals surface area contributed by atoms with Gasteiger partial charge in [-0.3, -0.25) is 0 Å². The van der Waals surface area contributed by atoms with Crippen LogP contribution in [0.15, 0.2) is 36.4 Å². The second-order valence-corrected chi connectivity index (χ2v) is 8.92. The van der Waals surface area contributed by atoms with E-state index in [0.717, 1.165) is 16.9 Å². The van der Waals surface area contributed by atoms with E-state index in [0.29, 0.717) is 24.2 Å². The monoisotopic (exact) mass is 568 g/mol. The molecule has 4 rings (SSSR count).